The first-order valence-corrected chi connectivity index (χ1v) is 9.30. The Balaban J connectivity index is 1.67. The van der Waals surface area contributed by atoms with E-state index in [4.69, 9.17) is 0 Å². The normalized spacial score (nSPS) is 22.6. The standard InChI is InChI=1S/C20H21F3N4O2/c1-10(19-16(23)3-11(8-24-2)9-25-19)26-18(28)6-13-4-12-5-14(21)15(22)7-17(12)27-20(13)29/h4-5,7,10-11,16,19,25H,3,6,9H2,1-2H3,(H-,26,27,28,29)/p+1/t10-,11?,16?,19?/m0/s1. The molecule has 2 aromatic rings. The number of fused-ring (bicyclic) bond motifs is 1. The van der Waals surface area contributed by atoms with Gasteiger partial charge in [0.15, 0.2) is 11.6 Å². The topological polar surface area (TPSA) is 78.3 Å². The van der Waals surface area contributed by atoms with Crippen LogP contribution in [0.15, 0.2) is 23.0 Å². The fraction of sp³-hybridized carbons (Fsp3) is 0.450. The maximum atomic E-state index is 14.4. The van der Waals surface area contributed by atoms with Crippen LogP contribution in [0, 0.1) is 23.6 Å². The van der Waals surface area contributed by atoms with E-state index in [2.05, 4.69) is 26.5 Å². The van der Waals surface area contributed by atoms with Gasteiger partial charge in [-0.15, -0.1) is 0 Å². The molecule has 1 fully saturated rings. The average molecular weight is 407 g/mol. The van der Waals surface area contributed by atoms with Gasteiger partial charge >= 0.3 is 0 Å². The quantitative estimate of drug-likeness (QED) is 0.727. The van der Waals surface area contributed by atoms with Crippen molar-refractivity contribution in [3.63, 3.8) is 0 Å². The summed E-state index contributed by atoms with van der Waals surface area (Å²) in [6.45, 7) is 2.19. The summed E-state index contributed by atoms with van der Waals surface area (Å²) in [5, 5.41) is 6.04. The number of carbonyl (C=O) groups excluding carboxylic acids is 1. The van der Waals surface area contributed by atoms with Crippen LogP contribution in [0.25, 0.3) is 15.7 Å². The van der Waals surface area contributed by atoms with E-state index in [9.17, 15) is 22.8 Å². The van der Waals surface area contributed by atoms with Gasteiger partial charge in [-0.1, -0.05) is 4.85 Å². The highest BCUT2D eigenvalue weighted by Crippen LogP contribution is 2.20. The van der Waals surface area contributed by atoms with Crippen LogP contribution in [0.4, 0.5) is 13.2 Å². The van der Waals surface area contributed by atoms with Crippen LogP contribution in [0.3, 0.4) is 0 Å². The molecule has 0 spiro atoms. The van der Waals surface area contributed by atoms with Crippen LogP contribution in [-0.4, -0.2) is 42.7 Å². The molecule has 1 aliphatic heterocycles. The molecular weight excluding hydrogens is 385 g/mol. The zero-order valence-corrected chi connectivity index (χ0v) is 16.1. The maximum Gasteiger partial charge on any atom is 0.277 e. The second-order valence-electron chi connectivity index (χ2n) is 7.25. The average Bonchev–Trinajstić information content (AvgIpc) is 2.64. The van der Waals surface area contributed by atoms with Crippen molar-refractivity contribution in [3.8, 4) is 6.07 Å². The first-order chi connectivity index (χ1) is 13.8. The minimum absolute atomic E-state index is 0.107. The van der Waals surface area contributed by atoms with Crippen LogP contribution in [-0.2, 0) is 11.2 Å². The molecule has 9 heteroatoms. The Bertz CT molecular complexity index is 1040. The lowest BCUT2D eigenvalue weighted by molar-refractivity contribution is -0.121. The number of aromatic nitrogens is 1. The highest BCUT2D eigenvalue weighted by atomic mass is 19.2. The Morgan fingerprint density at radius 2 is 2.07 bits per heavy atom. The molecule has 154 valence electrons. The number of carbonyl (C=O) groups is 1. The van der Waals surface area contributed by atoms with Crippen molar-refractivity contribution in [1.82, 2.24) is 15.6 Å². The van der Waals surface area contributed by atoms with Crippen LogP contribution in [0.1, 0.15) is 18.9 Å². The number of piperidine rings is 1. The summed E-state index contributed by atoms with van der Waals surface area (Å²) in [4.78, 5) is 30.8. The minimum atomic E-state index is -1.18. The van der Waals surface area contributed by atoms with Gasteiger partial charge in [0, 0.05) is 36.0 Å². The number of amides is 1. The van der Waals surface area contributed by atoms with Gasteiger partial charge in [0.05, 0.1) is 18.0 Å². The first kappa shape index (κ1) is 20.9. The van der Waals surface area contributed by atoms with Gasteiger partial charge in [0.1, 0.15) is 12.1 Å². The number of nitrogens with one attached hydrogen (secondary N) is 3. The number of H-pyrrole nitrogens is 1. The van der Waals surface area contributed by atoms with Crippen molar-refractivity contribution in [3.05, 3.63) is 50.6 Å². The number of alkyl halides is 1. The number of rotatable bonds is 4. The molecule has 1 aromatic heterocycles. The maximum absolute atomic E-state index is 14.4. The Morgan fingerprint density at radius 3 is 2.76 bits per heavy atom. The number of nitrogens with zero attached hydrogens (tertiary/aromatic N) is 1. The molecule has 6 nitrogen and oxygen atoms in total. The molecule has 1 amide bonds. The lowest BCUT2D eigenvalue weighted by Gasteiger charge is -2.33. The van der Waals surface area contributed by atoms with Crippen LogP contribution < -0.4 is 16.2 Å². The van der Waals surface area contributed by atoms with E-state index in [1.807, 2.05) is 0 Å². The lowest BCUT2D eigenvalue weighted by atomic mass is 9.90. The molecule has 0 saturated carbocycles. The fourth-order valence-electron chi connectivity index (χ4n) is 3.62. The highest BCUT2D eigenvalue weighted by Gasteiger charge is 2.35. The second kappa shape index (κ2) is 8.66. The fourth-order valence-corrected chi connectivity index (χ4v) is 3.62. The van der Waals surface area contributed by atoms with Gasteiger partial charge in [0.2, 0.25) is 5.91 Å². The smallest absolute Gasteiger partial charge is 0.277 e. The van der Waals surface area contributed by atoms with E-state index in [0.717, 1.165) is 12.1 Å². The van der Waals surface area contributed by atoms with Gasteiger partial charge in [-0.05, 0) is 19.1 Å². The summed E-state index contributed by atoms with van der Waals surface area (Å²) in [6.07, 6.45) is -1.18. The van der Waals surface area contributed by atoms with Gasteiger partial charge in [0.25, 0.3) is 18.7 Å². The van der Waals surface area contributed by atoms with Crippen LogP contribution in [0.2, 0.25) is 0 Å². The van der Waals surface area contributed by atoms with Gasteiger partial charge < -0.3 is 15.6 Å². The monoisotopic (exact) mass is 407 g/mol. The number of pyridine rings is 1. The Morgan fingerprint density at radius 1 is 1.34 bits per heavy atom. The van der Waals surface area contributed by atoms with Crippen molar-refractivity contribution < 1.29 is 18.0 Å². The Kier molecular flexibility index (Phi) is 6.23. The zero-order valence-electron chi connectivity index (χ0n) is 16.1. The molecule has 3 N–H and O–H groups in total. The molecule has 1 aromatic carbocycles. The Hall–Kier alpha value is -2.86. The third-order valence-electron chi connectivity index (χ3n) is 5.05. The number of halogens is 3. The van der Waals surface area contributed by atoms with E-state index in [1.165, 1.54) is 6.07 Å². The van der Waals surface area contributed by atoms with Gasteiger partial charge in [-0.25, -0.2) is 13.2 Å². The van der Waals surface area contributed by atoms with E-state index < -0.39 is 41.4 Å². The van der Waals surface area contributed by atoms with Gasteiger partial charge in [-0.3, -0.25) is 9.59 Å². The third-order valence-corrected chi connectivity index (χ3v) is 5.05. The van der Waals surface area contributed by atoms with Crippen molar-refractivity contribution in [1.29, 1.82) is 0 Å². The molecular formula is C20H22F3N4O2+. The zero-order chi connectivity index (χ0) is 21.1. The molecule has 4 atom stereocenters. The SMILES string of the molecule is C[N+]#CC1CNC([C@H](C)NC(=O)Cc2cc3cc(F)c(F)cc3[nH]c2=O)C(F)C1. The molecule has 29 heavy (non-hydrogen) atoms. The predicted octanol–water partition coefficient (Wildman–Crippen LogP) is 2.13. The molecule has 2 heterocycles. The molecule has 1 saturated heterocycles. The molecule has 0 aliphatic carbocycles. The molecule has 1 aliphatic rings. The largest absolute Gasteiger partial charge is 0.352 e. The van der Waals surface area contributed by atoms with Crippen molar-refractivity contribution in [2.45, 2.75) is 38.0 Å². The van der Waals surface area contributed by atoms with Crippen molar-refractivity contribution in [2.75, 3.05) is 13.6 Å². The van der Waals surface area contributed by atoms with E-state index in [1.54, 1.807) is 14.0 Å². The number of hydrogen-bond acceptors (Lipinski definition) is 3. The summed E-state index contributed by atoms with van der Waals surface area (Å²) in [5.41, 5.74) is -0.321. The van der Waals surface area contributed by atoms with E-state index >= 15 is 0 Å². The van der Waals surface area contributed by atoms with E-state index in [-0.39, 0.29) is 35.2 Å². The summed E-state index contributed by atoms with van der Waals surface area (Å²) in [7, 11) is 1.58. The first-order valence-electron chi connectivity index (χ1n) is 9.30. The Labute approximate surface area is 165 Å². The van der Waals surface area contributed by atoms with Crippen molar-refractivity contribution >= 4 is 16.8 Å². The molecule has 0 radical (unpaired) electrons. The summed E-state index contributed by atoms with van der Waals surface area (Å²) in [5.74, 6) is -2.70. The number of benzene rings is 1. The summed E-state index contributed by atoms with van der Waals surface area (Å²) in [6, 6.07) is 4.94. The molecule has 3 rings (SSSR count). The summed E-state index contributed by atoms with van der Waals surface area (Å²) < 4.78 is 41.2. The highest BCUT2D eigenvalue weighted by molar-refractivity contribution is 5.83. The summed E-state index contributed by atoms with van der Waals surface area (Å²) >= 11 is 0. The predicted molar refractivity (Wildman–Crippen MR) is 104 cm³/mol. The molecule has 0 bridgehead atoms. The third kappa shape index (κ3) is 4.77. The van der Waals surface area contributed by atoms with Crippen molar-refractivity contribution in [2.24, 2.45) is 5.92 Å². The second-order valence-corrected chi connectivity index (χ2v) is 7.25. The molecule has 3 unspecified atom stereocenters. The lowest BCUT2D eigenvalue weighted by Crippen LogP contribution is -2.57. The number of hydrogen-bond donors (Lipinski definition) is 3. The van der Waals surface area contributed by atoms with Crippen LogP contribution >= 0.6 is 0 Å². The van der Waals surface area contributed by atoms with Crippen LogP contribution in [0.5, 0.6) is 0 Å². The minimum Gasteiger partial charge on any atom is -0.352 e. The van der Waals surface area contributed by atoms with Gasteiger partial charge in [-0.2, -0.15) is 0 Å². The number of aromatic amines is 1. The van der Waals surface area contributed by atoms with E-state index in [0.29, 0.717) is 6.54 Å².